The van der Waals surface area contributed by atoms with Crippen LogP contribution in [-0.4, -0.2) is 0 Å². The van der Waals surface area contributed by atoms with Crippen molar-refractivity contribution in [1.29, 1.82) is 0 Å². The van der Waals surface area contributed by atoms with Gasteiger partial charge in [0.15, 0.2) is 0 Å². The third kappa shape index (κ3) is 5.27. The van der Waals surface area contributed by atoms with Crippen molar-refractivity contribution >= 4 is 0 Å². The Balaban J connectivity index is 0.000000198. The Kier molecular flexibility index (Phi) is 6.62. The summed E-state index contributed by atoms with van der Waals surface area (Å²) in [5.74, 6) is 2.50. The fourth-order valence-electron chi connectivity index (χ4n) is 2.30. The van der Waals surface area contributed by atoms with Gasteiger partial charge in [-0.2, -0.15) is 0 Å². The second kappa shape index (κ2) is 8.93. The van der Waals surface area contributed by atoms with Crippen LogP contribution in [0.3, 0.4) is 0 Å². The highest BCUT2D eigenvalue weighted by Crippen LogP contribution is 2.26. The molecule has 3 aromatic carbocycles. The smallest absolute Gasteiger partial charge is 0.130 e. The number of hydrogen-bond acceptors (Lipinski definition) is 1. The first-order valence-corrected chi connectivity index (χ1v) is 8.42. The predicted molar refractivity (Wildman–Crippen MR) is 103 cm³/mol. The van der Waals surface area contributed by atoms with E-state index in [0.717, 1.165) is 22.6 Å². The molecule has 0 heterocycles. The lowest BCUT2D eigenvalue weighted by atomic mass is 10.0. The average molecular weight is 318 g/mol. The van der Waals surface area contributed by atoms with Crippen LogP contribution in [0.2, 0.25) is 0 Å². The Morgan fingerprint density at radius 1 is 0.583 bits per heavy atom. The van der Waals surface area contributed by atoms with E-state index in [0.29, 0.717) is 5.92 Å². The van der Waals surface area contributed by atoms with Gasteiger partial charge in [-0.3, -0.25) is 0 Å². The van der Waals surface area contributed by atoms with Crippen molar-refractivity contribution in [2.24, 2.45) is 0 Å². The molecule has 0 amide bonds. The molecule has 3 rings (SSSR count). The molecule has 1 nitrogen and oxygen atoms in total. The Labute approximate surface area is 145 Å². The molecule has 124 valence electrons. The van der Waals surface area contributed by atoms with Gasteiger partial charge < -0.3 is 4.74 Å². The van der Waals surface area contributed by atoms with Crippen molar-refractivity contribution in [2.75, 3.05) is 0 Å². The molecule has 3 aromatic rings. The van der Waals surface area contributed by atoms with Crippen LogP contribution >= 0.6 is 0 Å². The Bertz CT molecular complexity index is 701. The number of hydrogen-bond donors (Lipinski definition) is 0. The molecule has 0 aliphatic heterocycles. The summed E-state index contributed by atoms with van der Waals surface area (Å²) in [6, 6.07) is 26.6. The zero-order valence-electron chi connectivity index (χ0n) is 15.0. The van der Waals surface area contributed by atoms with E-state index in [4.69, 9.17) is 4.74 Å². The molecule has 0 aliphatic rings. The Morgan fingerprint density at radius 3 is 1.38 bits per heavy atom. The lowest BCUT2D eigenvalue weighted by molar-refractivity contribution is 0.475. The van der Waals surface area contributed by atoms with Crippen molar-refractivity contribution in [3.8, 4) is 11.5 Å². The standard InChI is InChI=1S/C14H14O.C9H12/c1-11-7-3-5-9-13(11)15-14-10-6-4-8-12(14)2;1-8(2)9-6-4-3-5-7-9/h3-10H,1-2H3;3-8H,1-2H3. The molecule has 0 atom stereocenters. The van der Waals surface area contributed by atoms with Gasteiger partial charge in [0.05, 0.1) is 0 Å². The molecule has 0 spiro atoms. The van der Waals surface area contributed by atoms with Crippen molar-refractivity contribution in [2.45, 2.75) is 33.6 Å². The number of para-hydroxylation sites is 2. The molecule has 0 radical (unpaired) electrons. The molecule has 0 aliphatic carbocycles. The quantitative estimate of drug-likeness (QED) is 0.510. The SMILES string of the molecule is CC(C)c1ccccc1.Cc1ccccc1Oc1ccccc1C. The van der Waals surface area contributed by atoms with E-state index in [2.05, 4.69) is 38.1 Å². The van der Waals surface area contributed by atoms with Crippen LogP contribution in [0.25, 0.3) is 0 Å². The van der Waals surface area contributed by atoms with E-state index < -0.39 is 0 Å². The average Bonchev–Trinajstić information content (AvgIpc) is 2.60. The van der Waals surface area contributed by atoms with E-state index in [-0.39, 0.29) is 0 Å². The van der Waals surface area contributed by atoms with Crippen LogP contribution in [0.4, 0.5) is 0 Å². The second-order valence-corrected chi connectivity index (χ2v) is 6.20. The molecular formula is C23H26O. The van der Waals surface area contributed by atoms with Gasteiger partial charge in [-0.15, -0.1) is 0 Å². The van der Waals surface area contributed by atoms with Gasteiger partial charge in [-0.25, -0.2) is 0 Å². The molecule has 24 heavy (non-hydrogen) atoms. The third-order valence-corrected chi connectivity index (χ3v) is 3.87. The molecule has 0 fully saturated rings. The van der Waals surface area contributed by atoms with E-state index in [1.165, 1.54) is 5.56 Å². The second-order valence-electron chi connectivity index (χ2n) is 6.20. The Hall–Kier alpha value is -2.54. The third-order valence-electron chi connectivity index (χ3n) is 3.87. The largest absolute Gasteiger partial charge is 0.457 e. The van der Waals surface area contributed by atoms with Crippen LogP contribution in [0.1, 0.15) is 36.5 Å². The summed E-state index contributed by atoms with van der Waals surface area (Å²) in [6.07, 6.45) is 0. The lowest BCUT2D eigenvalue weighted by Gasteiger charge is -2.10. The maximum Gasteiger partial charge on any atom is 0.130 e. The number of rotatable bonds is 3. The minimum absolute atomic E-state index is 0.659. The summed E-state index contributed by atoms with van der Waals surface area (Å²) in [5, 5.41) is 0. The lowest BCUT2D eigenvalue weighted by Crippen LogP contribution is -1.88. The monoisotopic (exact) mass is 318 g/mol. The van der Waals surface area contributed by atoms with Gasteiger partial charge in [0.2, 0.25) is 0 Å². The fraction of sp³-hybridized carbons (Fsp3) is 0.217. The topological polar surface area (TPSA) is 9.23 Å². The van der Waals surface area contributed by atoms with Gasteiger partial charge >= 0.3 is 0 Å². The van der Waals surface area contributed by atoms with Crippen molar-refractivity contribution < 1.29 is 4.74 Å². The van der Waals surface area contributed by atoms with E-state index in [1.807, 2.05) is 68.4 Å². The maximum atomic E-state index is 5.84. The molecule has 0 bridgehead atoms. The van der Waals surface area contributed by atoms with Gasteiger partial charge in [0.25, 0.3) is 0 Å². The summed E-state index contributed by atoms with van der Waals surface area (Å²) in [7, 11) is 0. The summed E-state index contributed by atoms with van der Waals surface area (Å²) in [6.45, 7) is 8.51. The highest BCUT2D eigenvalue weighted by Gasteiger charge is 2.01. The van der Waals surface area contributed by atoms with Crippen molar-refractivity contribution in [3.05, 3.63) is 95.6 Å². The molecule has 0 saturated carbocycles. The maximum absolute atomic E-state index is 5.84. The van der Waals surface area contributed by atoms with Gasteiger partial charge in [0, 0.05) is 0 Å². The van der Waals surface area contributed by atoms with Crippen LogP contribution in [0.15, 0.2) is 78.9 Å². The first kappa shape index (κ1) is 17.8. The molecule has 0 unspecified atom stereocenters. The normalized spacial score (nSPS) is 10.0. The highest BCUT2D eigenvalue weighted by molar-refractivity contribution is 5.40. The van der Waals surface area contributed by atoms with Crippen molar-refractivity contribution in [1.82, 2.24) is 0 Å². The molecule has 0 N–H and O–H groups in total. The zero-order chi connectivity index (χ0) is 17.4. The number of ether oxygens (including phenoxy) is 1. The van der Waals surface area contributed by atoms with Crippen LogP contribution in [-0.2, 0) is 0 Å². The summed E-state index contributed by atoms with van der Waals surface area (Å²) in [5.41, 5.74) is 3.72. The van der Waals surface area contributed by atoms with Gasteiger partial charge in [-0.05, 0) is 48.6 Å². The highest BCUT2D eigenvalue weighted by atomic mass is 16.5. The first-order chi connectivity index (χ1) is 11.6. The van der Waals surface area contributed by atoms with Gasteiger partial charge in [0.1, 0.15) is 11.5 Å². The number of benzene rings is 3. The summed E-state index contributed by atoms with van der Waals surface area (Å²) >= 11 is 0. The predicted octanol–water partition coefficient (Wildman–Crippen LogP) is 6.91. The van der Waals surface area contributed by atoms with Crippen LogP contribution < -0.4 is 4.74 Å². The molecule has 1 heteroatoms. The van der Waals surface area contributed by atoms with E-state index in [9.17, 15) is 0 Å². The van der Waals surface area contributed by atoms with E-state index >= 15 is 0 Å². The molecule has 0 saturated heterocycles. The van der Waals surface area contributed by atoms with Crippen molar-refractivity contribution in [3.63, 3.8) is 0 Å². The number of aryl methyl sites for hydroxylation is 2. The van der Waals surface area contributed by atoms with Crippen LogP contribution in [0.5, 0.6) is 11.5 Å². The van der Waals surface area contributed by atoms with Crippen LogP contribution in [0, 0.1) is 13.8 Å². The fourth-order valence-corrected chi connectivity index (χ4v) is 2.30. The summed E-state index contributed by atoms with van der Waals surface area (Å²) in [4.78, 5) is 0. The minimum atomic E-state index is 0.659. The minimum Gasteiger partial charge on any atom is -0.457 e. The van der Waals surface area contributed by atoms with Gasteiger partial charge in [-0.1, -0.05) is 80.6 Å². The molecule has 0 aromatic heterocycles. The Morgan fingerprint density at radius 2 is 1.00 bits per heavy atom. The summed E-state index contributed by atoms with van der Waals surface area (Å²) < 4.78 is 5.84. The van der Waals surface area contributed by atoms with E-state index in [1.54, 1.807) is 0 Å². The molecular weight excluding hydrogens is 292 g/mol. The zero-order valence-corrected chi connectivity index (χ0v) is 15.0. The first-order valence-electron chi connectivity index (χ1n) is 8.42.